The Morgan fingerprint density at radius 1 is 1.15 bits per heavy atom. The number of methoxy groups -OCH3 is 1. The van der Waals surface area contributed by atoms with Crippen molar-refractivity contribution in [3.05, 3.63) is 64.2 Å². The molecule has 176 valence electrons. The molecule has 1 amide bonds. The average molecular weight is 491 g/mol. The normalized spacial score (nSPS) is 11.0. The maximum absolute atomic E-state index is 13.1. The third-order valence-electron chi connectivity index (χ3n) is 5.14. The Bertz CT molecular complexity index is 1110. The van der Waals surface area contributed by atoms with Crippen molar-refractivity contribution in [2.45, 2.75) is 13.8 Å². The molecule has 33 heavy (non-hydrogen) atoms. The van der Waals surface area contributed by atoms with Crippen LogP contribution in [0, 0.1) is 10.1 Å². The highest BCUT2D eigenvalue weighted by molar-refractivity contribution is 7.22. The van der Waals surface area contributed by atoms with E-state index >= 15 is 0 Å². The molecule has 0 unspecified atom stereocenters. The number of hydrogen-bond acceptors (Lipinski definition) is 7. The standard InChI is InChI=1S/C23H26N4O4S.ClH/c1-4-25(5-2)14-15-26(23-24-20-16-19(31-3)11-12-21(20)32-23)22(28)13-8-17-6-9-18(10-7-17)27(29)30;/h6-13,16H,4-5,14-15H2,1-3H3;1H. The van der Waals surface area contributed by atoms with Crippen molar-refractivity contribution in [2.24, 2.45) is 0 Å². The summed E-state index contributed by atoms with van der Waals surface area (Å²) in [5, 5.41) is 11.4. The van der Waals surface area contributed by atoms with Crippen LogP contribution >= 0.6 is 23.7 Å². The van der Waals surface area contributed by atoms with Crippen molar-refractivity contribution >= 4 is 56.8 Å². The molecule has 8 nitrogen and oxygen atoms in total. The molecule has 2 aromatic carbocycles. The molecule has 10 heteroatoms. The molecule has 1 heterocycles. The zero-order valence-electron chi connectivity index (χ0n) is 18.8. The number of thiazole rings is 1. The second-order valence-corrected chi connectivity index (χ2v) is 8.04. The summed E-state index contributed by atoms with van der Waals surface area (Å²) in [5.41, 5.74) is 1.50. The minimum atomic E-state index is -0.449. The fraction of sp³-hybridized carbons (Fsp3) is 0.304. The van der Waals surface area contributed by atoms with E-state index in [4.69, 9.17) is 4.74 Å². The maximum atomic E-state index is 13.1. The number of hydrogen-bond donors (Lipinski definition) is 0. The molecule has 0 aliphatic rings. The third kappa shape index (κ3) is 6.74. The first-order valence-electron chi connectivity index (χ1n) is 10.4. The SMILES string of the molecule is CCN(CC)CCN(C(=O)C=Cc1ccc([N+](=O)[O-])cc1)c1nc2cc(OC)ccc2s1.Cl. The quantitative estimate of drug-likeness (QED) is 0.225. The molecule has 1 aromatic heterocycles. The highest BCUT2D eigenvalue weighted by Gasteiger charge is 2.19. The van der Waals surface area contributed by atoms with Crippen molar-refractivity contribution in [1.82, 2.24) is 9.88 Å². The maximum Gasteiger partial charge on any atom is 0.269 e. The Labute approximate surface area is 203 Å². The molecule has 0 aliphatic carbocycles. The Kier molecular flexibility index (Phi) is 9.77. The van der Waals surface area contributed by atoms with Gasteiger partial charge in [0.2, 0.25) is 0 Å². The highest BCUT2D eigenvalue weighted by atomic mass is 35.5. The Hall–Kier alpha value is -3.01. The van der Waals surface area contributed by atoms with Crippen LogP contribution in [0.2, 0.25) is 0 Å². The number of benzene rings is 2. The van der Waals surface area contributed by atoms with E-state index in [0.717, 1.165) is 29.9 Å². The van der Waals surface area contributed by atoms with E-state index in [2.05, 4.69) is 23.7 Å². The number of nitro groups is 1. The summed E-state index contributed by atoms with van der Waals surface area (Å²) < 4.78 is 6.26. The highest BCUT2D eigenvalue weighted by Crippen LogP contribution is 2.31. The molecule has 0 aliphatic heterocycles. The van der Waals surface area contributed by atoms with E-state index in [9.17, 15) is 14.9 Å². The van der Waals surface area contributed by atoms with Crippen molar-refractivity contribution in [1.29, 1.82) is 0 Å². The van der Waals surface area contributed by atoms with Crippen LogP contribution in [0.4, 0.5) is 10.8 Å². The number of amides is 1. The molecule has 0 N–H and O–H groups in total. The van der Waals surface area contributed by atoms with Crippen LogP contribution < -0.4 is 9.64 Å². The molecular formula is C23H27ClN4O4S. The number of carbonyl (C=O) groups excluding carboxylic acids is 1. The molecule has 0 spiro atoms. The molecule has 3 rings (SSSR count). The molecule has 0 radical (unpaired) electrons. The van der Waals surface area contributed by atoms with Gasteiger partial charge in [-0.05, 0) is 49.0 Å². The second kappa shape index (κ2) is 12.3. The van der Waals surface area contributed by atoms with Gasteiger partial charge in [-0.1, -0.05) is 25.2 Å². The fourth-order valence-corrected chi connectivity index (χ4v) is 4.16. The molecule has 0 saturated heterocycles. The van der Waals surface area contributed by atoms with Gasteiger partial charge in [-0.25, -0.2) is 4.98 Å². The van der Waals surface area contributed by atoms with Crippen LogP contribution in [0.1, 0.15) is 19.4 Å². The van der Waals surface area contributed by atoms with Crippen LogP contribution in [0.15, 0.2) is 48.5 Å². The Balaban J connectivity index is 0.00000385. The lowest BCUT2D eigenvalue weighted by Gasteiger charge is -2.23. The number of carbonyl (C=O) groups is 1. The van der Waals surface area contributed by atoms with Crippen molar-refractivity contribution in [2.75, 3.05) is 38.2 Å². The van der Waals surface area contributed by atoms with Crippen LogP contribution in [0.3, 0.4) is 0 Å². The summed E-state index contributed by atoms with van der Waals surface area (Å²) in [7, 11) is 1.61. The van der Waals surface area contributed by atoms with Crippen molar-refractivity contribution in [3.8, 4) is 5.75 Å². The third-order valence-corrected chi connectivity index (χ3v) is 6.20. The predicted octanol–water partition coefficient (Wildman–Crippen LogP) is 5.02. The van der Waals surface area contributed by atoms with E-state index in [-0.39, 0.29) is 24.0 Å². The molecule has 0 fully saturated rings. The molecule has 0 saturated carbocycles. The number of rotatable bonds is 10. The van der Waals surface area contributed by atoms with Crippen LogP contribution in [-0.4, -0.2) is 54.0 Å². The van der Waals surface area contributed by atoms with Crippen LogP contribution in [-0.2, 0) is 4.79 Å². The molecule has 3 aromatic rings. The van der Waals surface area contributed by atoms with E-state index in [1.807, 2.05) is 18.2 Å². The minimum Gasteiger partial charge on any atom is -0.497 e. The zero-order chi connectivity index (χ0) is 23.1. The number of nitrogens with zero attached hydrogens (tertiary/aromatic N) is 4. The molecule has 0 bridgehead atoms. The largest absolute Gasteiger partial charge is 0.497 e. The van der Waals surface area contributed by atoms with Gasteiger partial charge < -0.3 is 9.64 Å². The van der Waals surface area contributed by atoms with E-state index in [1.165, 1.54) is 29.5 Å². The van der Waals surface area contributed by atoms with Crippen LogP contribution in [0.5, 0.6) is 5.75 Å². The van der Waals surface area contributed by atoms with Crippen molar-refractivity contribution in [3.63, 3.8) is 0 Å². The second-order valence-electron chi connectivity index (χ2n) is 7.03. The van der Waals surface area contributed by atoms with Gasteiger partial charge in [0.1, 0.15) is 5.75 Å². The number of aromatic nitrogens is 1. The number of anilines is 1. The molecular weight excluding hydrogens is 464 g/mol. The Morgan fingerprint density at radius 2 is 1.85 bits per heavy atom. The first kappa shape index (κ1) is 26.2. The number of nitro benzene ring substituents is 1. The molecule has 0 atom stereocenters. The summed E-state index contributed by atoms with van der Waals surface area (Å²) in [6, 6.07) is 11.7. The van der Waals surface area contributed by atoms with E-state index in [0.29, 0.717) is 23.0 Å². The summed E-state index contributed by atoms with van der Waals surface area (Å²) >= 11 is 1.46. The summed E-state index contributed by atoms with van der Waals surface area (Å²) in [6.45, 7) is 7.20. The van der Waals surface area contributed by atoms with Crippen molar-refractivity contribution < 1.29 is 14.5 Å². The number of ether oxygens (including phenoxy) is 1. The fourth-order valence-electron chi connectivity index (χ4n) is 3.18. The van der Waals surface area contributed by atoms with Gasteiger partial charge in [-0.2, -0.15) is 0 Å². The number of halogens is 1. The van der Waals surface area contributed by atoms with E-state index < -0.39 is 4.92 Å². The van der Waals surface area contributed by atoms with Gasteiger partial charge in [0.15, 0.2) is 5.13 Å². The smallest absolute Gasteiger partial charge is 0.269 e. The zero-order valence-corrected chi connectivity index (χ0v) is 20.4. The van der Waals surface area contributed by atoms with Gasteiger partial charge in [-0.3, -0.25) is 19.8 Å². The van der Waals surface area contributed by atoms with Crippen LogP contribution in [0.25, 0.3) is 16.3 Å². The lowest BCUT2D eigenvalue weighted by molar-refractivity contribution is -0.384. The van der Waals surface area contributed by atoms with Gasteiger partial charge in [-0.15, -0.1) is 12.4 Å². The van der Waals surface area contributed by atoms with Gasteiger partial charge in [0.05, 0.1) is 22.2 Å². The summed E-state index contributed by atoms with van der Waals surface area (Å²) in [5.74, 6) is 0.523. The minimum absolute atomic E-state index is 0. The number of fused-ring (bicyclic) bond motifs is 1. The first-order valence-corrected chi connectivity index (χ1v) is 11.2. The lowest BCUT2D eigenvalue weighted by Crippen LogP contribution is -2.38. The number of likely N-dealkylation sites (N-methyl/N-ethyl adjacent to an activating group) is 1. The summed E-state index contributed by atoms with van der Waals surface area (Å²) in [6.07, 6.45) is 3.14. The lowest BCUT2D eigenvalue weighted by atomic mass is 10.2. The predicted molar refractivity (Wildman–Crippen MR) is 136 cm³/mol. The van der Waals surface area contributed by atoms with Gasteiger partial charge in [0.25, 0.3) is 11.6 Å². The average Bonchev–Trinajstić information content (AvgIpc) is 3.23. The first-order chi connectivity index (χ1) is 15.4. The van der Waals surface area contributed by atoms with Gasteiger partial charge >= 0.3 is 0 Å². The summed E-state index contributed by atoms with van der Waals surface area (Å²) in [4.78, 5) is 32.1. The number of non-ortho nitro benzene ring substituents is 1. The van der Waals surface area contributed by atoms with Gasteiger partial charge in [0, 0.05) is 37.4 Å². The van der Waals surface area contributed by atoms with E-state index in [1.54, 1.807) is 30.2 Å². The topological polar surface area (TPSA) is 88.8 Å². The monoisotopic (exact) mass is 490 g/mol. The Morgan fingerprint density at radius 3 is 2.45 bits per heavy atom.